The van der Waals surface area contributed by atoms with Gasteiger partial charge >= 0.3 is 0 Å². The Bertz CT molecular complexity index is 578. The van der Waals surface area contributed by atoms with Gasteiger partial charge in [0.1, 0.15) is 5.82 Å². The summed E-state index contributed by atoms with van der Waals surface area (Å²) in [5.41, 5.74) is 1.67. The Morgan fingerprint density at radius 2 is 2.30 bits per heavy atom. The SMILES string of the molecule is CCNc1ncccc1C(=O)NCCn1cc(C)cn1. The highest BCUT2D eigenvalue weighted by molar-refractivity contribution is 5.98. The van der Waals surface area contributed by atoms with Gasteiger partial charge in [-0.1, -0.05) is 0 Å². The van der Waals surface area contributed by atoms with Gasteiger partial charge < -0.3 is 10.6 Å². The Labute approximate surface area is 118 Å². The molecule has 0 fully saturated rings. The number of nitrogens with zero attached hydrogens (tertiary/aromatic N) is 3. The molecule has 6 heteroatoms. The summed E-state index contributed by atoms with van der Waals surface area (Å²) >= 11 is 0. The zero-order valence-corrected chi connectivity index (χ0v) is 11.8. The molecule has 2 N–H and O–H groups in total. The van der Waals surface area contributed by atoms with Gasteiger partial charge in [0.15, 0.2) is 0 Å². The minimum absolute atomic E-state index is 0.127. The Kier molecular flexibility index (Phi) is 4.70. The molecule has 0 unspecified atom stereocenters. The lowest BCUT2D eigenvalue weighted by Crippen LogP contribution is -2.28. The molecule has 6 nitrogen and oxygen atoms in total. The molecule has 0 saturated heterocycles. The fourth-order valence-corrected chi connectivity index (χ4v) is 1.87. The van der Waals surface area contributed by atoms with Gasteiger partial charge in [0.05, 0.1) is 18.3 Å². The first-order chi connectivity index (χ1) is 9.70. The van der Waals surface area contributed by atoms with Crippen molar-refractivity contribution in [3.05, 3.63) is 41.9 Å². The second-order valence-electron chi connectivity index (χ2n) is 4.47. The van der Waals surface area contributed by atoms with E-state index in [-0.39, 0.29) is 5.91 Å². The van der Waals surface area contributed by atoms with E-state index in [0.29, 0.717) is 24.5 Å². The van der Waals surface area contributed by atoms with Crippen LogP contribution in [0.4, 0.5) is 5.82 Å². The Morgan fingerprint density at radius 3 is 3.00 bits per heavy atom. The molecule has 0 spiro atoms. The van der Waals surface area contributed by atoms with Crippen LogP contribution in [0, 0.1) is 6.92 Å². The van der Waals surface area contributed by atoms with Crippen LogP contribution in [-0.4, -0.2) is 33.8 Å². The molecule has 0 radical (unpaired) electrons. The van der Waals surface area contributed by atoms with E-state index in [1.807, 2.05) is 24.7 Å². The van der Waals surface area contributed by atoms with E-state index in [0.717, 1.165) is 12.1 Å². The molecule has 0 aliphatic heterocycles. The second-order valence-corrected chi connectivity index (χ2v) is 4.47. The average molecular weight is 273 g/mol. The van der Waals surface area contributed by atoms with Crippen LogP contribution in [0.25, 0.3) is 0 Å². The Balaban J connectivity index is 1.91. The van der Waals surface area contributed by atoms with Crippen LogP contribution in [0.15, 0.2) is 30.7 Å². The van der Waals surface area contributed by atoms with Crippen LogP contribution in [0.3, 0.4) is 0 Å². The molecular formula is C14H19N5O. The van der Waals surface area contributed by atoms with E-state index >= 15 is 0 Å². The van der Waals surface area contributed by atoms with Crippen molar-refractivity contribution in [3.63, 3.8) is 0 Å². The average Bonchev–Trinajstić information content (AvgIpc) is 2.85. The summed E-state index contributed by atoms with van der Waals surface area (Å²) in [4.78, 5) is 16.3. The maximum atomic E-state index is 12.1. The van der Waals surface area contributed by atoms with Gasteiger partial charge in [-0.25, -0.2) is 4.98 Å². The molecular weight excluding hydrogens is 254 g/mol. The lowest BCUT2D eigenvalue weighted by Gasteiger charge is -2.09. The molecule has 20 heavy (non-hydrogen) atoms. The lowest BCUT2D eigenvalue weighted by molar-refractivity contribution is 0.0952. The number of carbonyl (C=O) groups is 1. The maximum Gasteiger partial charge on any atom is 0.255 e. The normalized spacial score (nSPS) is 10.3. The predicted octanol–water partition coefficient (Wildman–Crippen LogP) is 1.45. The standard InChI is InChI=1S/C14H19N5O/c1-3-15-13-12(5-4-6-16-13)14(20)17-7-8-19-10-11(2)9-18-19/h4-6,9-10H,3,7-8H2,1-2H3,(H,15,16)(H,17,20). The monoisotopic (exact) mass is 273 g/mol. The fourth-order valence-electron chi connectivity index (χ4n) is 1.87. The maximum absolute atomic E-state index is 12.1. The van der Waals surface area contributed by atoms with E-state index in [2.05, 4.69) is 20.7 Å². The summed E-state index contributed by atoms with van der Waals surface area (Å²) in [5, 5.41) is 10.1. The third-order valence-corrected chi connectivity index (χ3v) is 2.79. The third kappa shape index (κ3) is 3.57. The summed E-state index contributed by atoms with van der Waals surface area (Å²) in [7, 11) is 0. The van der Waals surface area contributed by atoms with Crippen molar-refractivity contribution in [3.8, 4) is 0 Å². The fraction of sp³-hybridized carbons (Fsp3) is 0.357. The van der Waals surface area contributed by atoms with Crippen LogP contribution < -0.4 is 10.6 Å². The molecule has 0 saturated carbocycles. The van der Waals surface area contributed by atoms with Gasteiger partial charge in [-0.2, -0.15) is 5.10 Å². The van der Waals surface area contributed by atoms with Crippen LogP contribution in [-0.2, 0) is 6.54 Å². The minimum atomic E-state index is -0.127. The first-order valence-electron chi connectivity index (χ1n) is 6.67. The zero-order chi connectivity index (χ0) is 14.4. The number of nitrogens with one attached hydrogen (secondary N) is 2. The molecule has 2 rings (SSSR count). The molecule has 106 valence electrons. The molecule has 1 amide bonds. The highest BCUT2D eigenvalue weighted by Crippen LogP contribution is 2.10. The first kappa shape index (κ1) is 14.0. The summed E-state index contributed by atoms with van der Waals surface area (Å²) < 4.78 is 1.81. The van der Waals surface area contributed by atoms with Gasteiger partial charge in [-0.3, -0.25) is 9.48 Å². The van der Waals surface area contributed by atoms with Gasteiger partial charge in [-0.05, 0) is 31.5 Å². The van der Waals surface area contributed by atoms with Gasteiger partial charge in [0.2, 0.25) is 0 Å². The van der Waals surface area contributed by atoms with Crippen LogP contribution in [0.2, 0.25) is 0 Å². The number of rotatable bonds is 6. The van der Waals surface area contributed by atoms with Gasteiger partial charge in [0, 0.05) is 25.5 Å². The third-order valence-electron chi connectivity index (χ3n) is 2.79. The minimum Gasteiger partial charge on any atom is -0.370 e. The number of aryl methyl sites for hydroxylation is 1. The van der Waals surface area contributed by atoms with Crippen molar-refractivity contribution in [2.24, 2.45) is 0 Å². The smallest absolute Gasteiger partial charge is 0.255 e. The van der Waals surface area contributed by atoms with E-state index in [4.69, 9.17) is 0 Å². The number of amides is 1. The molecule has 0 aliphatic rings. The van der Waals surface area contributed by atoms with Gasteiger partial charge in [-0.15, -0.1) is 0 Å². The van der Waals surface area contributed by atoms with E-state index < -0.39 is 0 Å². The largest absolute Gasteiger partial charge is 0.370 e. The number of hydrogen-bond acceptors (Lipinski definition) is 4. The first-order valence-corrected chi connectivity index (χ1v) is 6.67. The molecule has 0 aromatic carbocycles. The van der Waals surface area contributed by atoms with E-state index in [9.17, 15) is 4.79 Å². The topological polar surface area (TPSA) is 71.8 Å². The van der Waals surface area contributed by atoms with Crippen molar-refractivity contribution in [2.45, 2.75) is 20.4 Å². The summed E-state index contributed by atoms with van der Waals surface area (Å²) in [6, 6.07) is 3.52. The Morgan fingerprint density at radius 1 is 1.45 bits per heavy atom. The summed E-state index contributed by atoms with van der Waals surface area (Å²) in [6.45, 7) is 5.86. The highest BCUT2D eigenvalue weighted by Gasteiger charge is 2.10. The molecule has 0 bridgehead atoms. The van der Waals surface area contributed by atoms with Gasteiger partial charge in [0.25, 0.3) is 5.91 Å². The van der Waals surface area contributed by atoms with Crippen molar-refractivity contribution in [1.82, 2.24) is 20.1 Å². The van der Waals surface area contributed by atoms with Crippen molar-refractivity contribution >= 4 is 11.7 Å². The van der Waals surface area contributed by atoms with E-state index in [1.54, 1.807) is 24.5 Å². The zero-order valence-electron chi connectivity index (χ0n) is 11.8. The predicted molar refractivity (Wildman–Crippen MR) is 77.7 cm³/mol. The van der Waals surface area contributed by atoms with Crippen LogP contribution >= 0.6 is 0 Å². The number of aromatic nitrogens is 3. The number of pyridine rings is 1. The quantitative estimate of drug-likeness (QED) is 0.835. The van der Waals surface area contributed by atoms with Crippen molar-refractivity contribution < 1.29 is 4.79 Å². The highest BCUT2D eigenvalue weighted by atomic mass is 16.1. The summed E-state index contributed by atoms with van der Waals surface area (Å²) in [6.07, 6.45) is 5.41. The second kappa shape index (κ2) is 6.70. The molecule has 2 aromatic rings. The molecule has 0 aliphatic carbocycles. The van der Waals surface area contributed by atoms with Crippen LogP contribution in [0.1, 0.15) is 22.8 Å². The van der Waals surface area contributed by atoms with E-state index in [1.165, 1.54) is 0 Å². The van der Waals surface area contributed by atoms with Crippen LogP contribution in [0.5, 0.6) is 0 Å². The molecule has 2 aromatic heterocycles. The van der Waals surface area contributed by atoms with Crippen molar-refractivity contribution in [1.29, 1.82) is 0 Å². The summed E-state index contributed by atoms with van der Waals surface area (Å²) in [5.74, 6) is 0.486. The number of carbonyl (C=O) groups excluding carboxylic acids is 1. The Hall–Kier alpha value is -2.37. The number of anilines is 1. The number of hydrogen-bond donors (Lipinski definition) is 2. The van der Waals surface area contributed by atoms with Crippen molar-refractivity contribution in [2.75, 3.05) is 18.4 Å². The lowest BCUT2D eigenvalue weighted by atomic mass is 10.2. The molecule has 0 atom stereocenters. The molecule has 2 heterocycles.